The second-order valence-corrected chi connectivity index (χ2v) is 11.7. The molecule has 0 bridgehead atoms. The second kappa shape index (κ2) is 12.0. The highest BCUT2D eigenvalue weighted by molar-refractivity contribution is 14.1. The normalized spacial score (nSPS) is 14.6. The van der Waals surface area contributed by atoms with Crippen molar-refractivity contribution in [3.63, 3.8) is 0 Å². The number of aromatic hydroxyl groups is 1. The van der Waals surface area contributed by atoms with Crippen LogP contribution in [-0.4, -0.2) is 36.6 Å². The van der Waals surface area contributed by atoms with E-state index in [4.69, 9.17) is 9.47 Å². The van der Waals surface area contributed by atoms with Crippen molar-refractivity contribution in [1.29, 1.82) is 0 Å². The topological polar surface area (TPSA) is 130 Å². The maximum atomic E-state index is 12.3. The minimum absolute atomic E-state index is 0.0382. The van der Waals surface area contributed by atoms with Crippen molar-refractivity contribution in [1.82, 2.24) is 0 Å². The molecule has 0 aromatic heterocycles. The summed E-state index contributed by atoms with van der Waals surface area (Å²) < 4.78 is 46.9. The van der Waals surface area contributed by atoms with Crippen molar-refractivity contribution in [2.75, 3.05) is 6.61 Å². The fourth-order valence-electron chi connectivity index (χ4n) is 3.91. The molecule has 34 heavy (non-hydrogen) atoms. The number of carbonyl (C=O) groups excluding carboxylic acids is 2. The van der Waals surface area contributed by atoms with E-state index in [-0.39, 0.29) is 47.3 Å². The second-order valence-electron chi connectivity index (χ2n) is 7.99. The molecule has 0 aliphatic heterocycles. The van der Waals surface area contributed by atoms with E-state index in [9.17, 15) is 27.7 Å². The van der Waals surface area contributed by atoms with Crippen LogP contribution in [0.4, 0.5) is 0 Å². The van der Waals surface area contributed by atoms with Gasteiger partial charge in [0.25, 0.3) is 0 Å². The van der Waals surface area contributed by atoms with Gasteiger partial charge in [0, 0.05) is 9.99 Å². The Morgan fingerprint density at radius 2 is 1.79 bits per heavy atom. The van der Waals surface area contributed by atoms with Gasteiger partial charge in [-0.3, -0.25) is 4.79 Å². The lowest BCUT2D eigenvalue weighted by atomic mass is 9.84. The van der Waals surface area contributed by atoms with E-state index in [0.717, 1.165) is 35.7 Å². The summed E-state index contributed by atoms with van der Waals surface area (Å²) in [5.74, 6) is -1.30. The van der Waals surface area contributed by atoms with Crippen molar-refractivity contribution < 1.29 is 37.1 Å². The van der Waals surface area contributed by atoms with Crippen LogP contribution in [0.25, 0.3) is 0 Å². The Morgan fingerprint density at radius 3 is 2.47 bits per heavy atom. The van der Waals surface area contributed by atoms with Crippen molar-refractivity contribution in [3.05, 3.63) is 48.6 Å². The summed E-state index contributed by atoms with van der Waals surface area (Å²) in [6.45, 7) is -0.0455. The number of benzene rings is 2. The first-order valence-electron chi connectivity index (χ1n) is 10.7. The molecule has 11 heteroatoms. The zero-order chi connectivity index (χ0) is 24.9. The fraction of sp³-hybridized carbons (Fsp3) is 0.391. The summed E-state index contributed by atoms with van der Waals surface area (Å²) in [5.41, 5.74) is 0.461. The maximum Gasteiger partial charge on any atom is 0.341 e. The van der Waals surface area contributed by atoms with Crippen LogP contribution in [0, 0.1) is 7.14 Å². The van der Waals surface area contributed by atoms with Crippen LogP contribution in [0.3, 0.4) is 0 Å². The molecule has 1 aliphatic rings. The van der Waals surface area contributed by atoms with E-state index in [1.807, 2.05) is 45.2 Å². The van der Waals surface area contributed by atoms with Crippen LogP contribution in [0.5, 0.6) is 11.5 Å². The fourth-order valence-corrected chi connectivity index (χ4v) is 6.51. The standard InChI is InChI=1S/C23H24I2O8S/c24-15-11-18(22(27)19(25)12-15)23(28)32-10-4-7-21(26)33-16-8-9-20(34(29,30)31)17(13-16)14-5-2-1-3-6-14/h8-9,11-14,27H,1-7,10H2,(H,29,30,31)/p-1. The molecule has 0 atom stereocenters. The molecule has 3 rings (SSSR count). The minimum atomic E-state index is -4.64. The van der Waals surface area contributed by atoms with E-state index in [0.29, 0.717) is 9.13 Å². The lowest BCUT2D eigenvalue weighted by Crippen LogP contribution is -2.14. The molecule has 0 unspecified atom stereocenters. The van der Waals surface area contributed by atoms with Gasteiger partial charge < -0.3 is 19.1 Å². The Kier molecular flexibility index (Phi) is 9.57. The van der Waals surface area contributed by atoms with Gasteiger partial charge in [-0.25, -0.2) is 13.2 Å². The molecule has 1 N–H and O–H groups in total. The van der Waals surface area contributed by atoms with Crippen molar-refractivity contribution >= 4 is 67.2 Å². The largest absolute Gasteiger partial charge is 0.744 e. The minimum Gasteiger partial charge on any atom is -0.744 e. The molecule has 0 saturated heterocycles. The predicted molar refractivity (Wildman–Crippen MR) is 139 cm³/mol. The summed E-state index contributed by atoms with van der Waals surface area (Å²) in [6.07, 6.45) is 4.69. The van der Waals surface area contributed by atoms with Crippen molar-refractivity contribution in [3.8, 4) is 11.5 Å². The number of hydrogen-bond donors (Lipinski definition) is 1. The van der Waals surface area contributed by atoms with Gasteiger partial charge in [-0.05, 0) is 106 Å². The molecule has 1 fully saturated rings. The van der Waals surface area contributed by atoms with Gasteiger partial charge in [-0.15, -0.1) is 0 Å². The van der Waals surface area contributed by atoms with Crippen LogP contribution in [0.15, 0.2) is 35.2 Å². The maximum absolute atomic E-state index is 12.3. The Balaban J connectivity index is 1.57. The lowest BCUT2D eigenvalue weighted by molar-refractivity contribution is -0.134. The van der Waals surface area contributed by atoms with Crippen LogP contribution < -0.4 is 4.74 Å². The molecule has 0 amide bonds. The van der Waals surface area contributed by atoms with Crippen LogP contribution >= 0.6 is 45.2 Å². The van der Waals surface area contributed by atoms with E-state index < -0.39 is 22.1 Å². The zero-order valence-electron chi connectivity index (χ0n) is 18.1. The van der Waals surface area contributed by atoms with Gasteiger partial charge in [-0.1, -0.05) is 19.3 Å². The summed E-state index contributed by atoms with van der Waals surface area (Å²) in [7, 11) is -4.64. The Morgan fingerprint density at radius 1 is 1.09 bits per heavy atom. The zero-order valence-corrected chi connectivity index (χ0v) is 23.2. The Labute approximate surface area is 225 Å². The first-order chi connectivity index (χ1) is 16.1. The highest BCUT2D eigenvalue weighted by atomic mass is 127. The number of phenolic OH excluding ortho intramolecular Hbond substituents is 1. The quantitative estimate of drug-likeness (QED) is 0.132. The molecule has 0 spiro atoms. The van der Waals surface area contributed by atoms with E-state index in [1.54, 1.807) is 6.07 Å². The summed E-state index contributed by atoms with van der Waals surface area (Å²) in [5, 5.41) is 10.0. The third-order valence-corrected chi connectivity index (χ3v) is 7.89. The molecular formula is C23H23I2O8S-. The van der Waals surface area contributed by atoms with Crippen molar-refractivity contribution in [2.24, 2.45) is 0 Å². The van der Waals surface area contributed by atoms with Gasteiger partial charge in [0.1, 0.15) is 27.2 Å². The summed E-state index contributed by atoms with van der Waals surface area (Å²) in [4.78, 5) is 24.2. The first-order valence-corrected chi connectivity index (χ1v) is 14.3. The molecule has 1 aliphatic carbocycles. The Hall–Kier alpha value is -1.45. The van der Waals surface area contributed by atoms with E-state index in [2.05, 4.69) is 0 Å². The van der Waals surface area contributed by atoms with E-state index in [1.165, 1.54) is 24.3 Å². The first kappa shape index (κ1) is 27.1. The number of ether oxygens (including phenoxy) is 2. The number of halogens is 2. The average Bonchev–Trinajstić information content (AvgIpc) is 2.78. The highest BCUT2D eigenvalue weighted by Gasteiger charge is 2.22. The predicted octanol–water partition coefficient (Wildman–Crippen LogP) is 5.10. The van der Waals surface area contributed by atoms with Gasteiger partial charge >= 0.3 is 11.9 Å². The molecule has 184 valence electrons. The molecule has 1 saturated carbocycles. The number of rotatable bonds is 8. The van der Waals surface area contributed by atoms with Gasteiger partial charge in [-0.2, -0.15) is 0 Å². The van der Waals surface area contributed by atoms with Crippen molar-refractivity contribution in [2.45, 2.75) is 55.8 Å². The average molecular weight is 713 g/mol. The van der Waals surface area contributed by atoms with Crippen LogP contribution in [0.1, 0.15) is 66.8 Å². The molecule has 0 radical (unpaired) electrons. The monoisotopic (exact) mass is 713 g/mol. The highest BCUT2D eigenvalue weighted by Crippen LogP contribution is 2.37. The molecule has 2 aromatic rings. The number of esters is 2. The van der Waals surface area contributed by atoms with Crippen LogP contribution in [-0.2, 0) is 19.6 Å². The van der Waals surface area contributed by atoms with Gasteiger partial charge in [0.2, 0.25) is 0 Å². The van der Waals surface area contributed by atoms with Crippen LogP contribution in [0.2, 0.25) is 0 Å². The lowest BCUT2D eigenvalue weighted by Gasteiger charge is -2.25. The third kappa shape index (κ3) is 7.28. The van der Waals surface area contributed by atoms with Gasteiger partial charge in [0.05, 0.1) is 15.1 Å². The van der Waals surface area contributed by atoms with Gasteiger partial charge in [0.15, 0.2) is 0 Å². The number of phenols is 1. The molecule has 0 heterocycles. The van der Waals surface area contributed by atoms with E-state index >= 15 is 0 Å². The number of carbonyl (C=O) groups is 2. The smallest absolute Gasteiger partial charge is 0.341 e. The molecule has 2 aromatic carbocycles. The molecule has 8 nitrogen and oxygen atoms in total. The number of hydrogen-bond acceptors (Lipinski definition) is 8. The molecular weight excluding hydrogens is 690 g/mol. The Bertz CT molecular complexity index is 1170. The SMILES string of the molecule is O=C(CCCOC(=O)c1cc(I)cc(I)c1O)Oc1ccc(S(=O)(=O)[O-])c(C2CCCCC2)c1. The summed E-state index contributed by atoms with van der Waals surface area (Å²) in [6, 6.07) is 7.22. The summed E-state index contributed by atoms with van der Waals surface area (Å²) >= 11 is 3.95. The third-order valence-electron chi connectivity index (χ3n) is 5.53.